The number of aromatic nitrogens is 3. The molecule has 0 spiro atoms. The van der Waals surface area contributed by atoms with Crippen LogP contribution in [0.2, 0.25) is 0 Å². The van der Waals surface area contributed by atoms with Gasteiger partial charge in [0.2, 0.25) is 0 Å². The van der Waals surface area contributed by atoms with Gasteiger partial charge in [-0.05, 0) is 36.4 Å². The molecule has 10 aromatic rings. The van der Waals surface area contributed by atoms with Crippen LogP contribution in [-0.4, -0.2) is 15.0 Å². The van der Waals surface area contributed by atoms with Crippen molar-refractivity contribution in [2.24, 2.45) is 0 Å². The van der Waals surface area contributed by atoms with E-state index in [2.05, 4.69) is 146 Å². The lowest BCUT2D eigenvalue weighted by Crippen LogP contribution is -1.91. The Morgan fingerprint density at radius 1 is 0.383 bits per heavy atom. The second kappa shape index (κ2) is 10.3. The fourth-order valence-corrected chi connectivity index (χ4v) is 8.08. The van der Waals surface area contributed by atoms with Crippen molar-refractivity contribution in [3.8, 4) is 33.8 Å². The van der Waals surface area contributed by atoms with Crippen molar-refractivity contribution in [1.29, 1.82) is 0 Å². The lowest BCUT2D eigenvalue weighted by atomic mass is 9.95. The van der Waals surface area contributed by atoms with E-state index in [9.17, 15) is 0 Å². The molecule has 0 aliphatic carbocycles. The largest absolute Gasteiger partial charge is 0.247 e. The lowest BCUT2D eigenvalue weighted by molar-refractivity contribution is 1.37. The predicted molar refractivity (Wildman–Crippen MR) is 199 cm³/mol. The summed E-state index contributed by atoms with van der Waals surface area (Å²) in [7, 11) is 0. The van der Waals surface area contributed by atoms with E-state index in [0.717, 1.165) is 61.1 Å². The van der Waals surface area contributed by atoms with Crippen LogP contribution in [0.1, 0.15) is 0 Å². The number of rotatable bonds is 3. The summed E-state index contributed by atoms with van der Waals surface area (Å²) in [6, 6.07) is 53.5. The third kappa shape index (κ3) is 4.16. The van der Waals surface area contributed by atoms with Gasteiger partial charge in [0.1, 0.15) is 0 Å². The first-order chi connectivity index (χ1) is 23.3. The van der Waals surface area contributed by atoms with Crippen LogP contribution < -0.4 is 0 Å². The zero-order valence-electron chi connectivity index (χ0n) is 25.2. The Hall–Kier alpha value is -5.97. The van der Waals surface area contributed by atoms with Crippen molar-refractivity contribution < 1.29 is 0 Å². The standard InChI is InChI=1S/C43H25N3S/c1-3-9-26(10-4-1)34-21-17-28-15-16-29-18-22-35(45-43(29)42(28)44-34)30-19-23-37-33(25-30)40-38(47-37)24-20-32-39(40)31-13-7-8-14-36(31)46-41(32)27-11-5-2-6-12-27/h1-25H. The van der Waals surface area contributed by atoms with Crippen molar-refractivity contribution in [3.63, 3.8) is 0 Å². The molecule has 0 fully saturated rings. The third-order valence-corrected chi connectivity index (χ3v) is 10.4. The molecule has 0 atom stereocenters. The second-order valence-corrected chi connectivity index (χ2v) is 13.1. The maximum absolute atomic E-state index is 5.28. The van der Waals surface area contributed by atoms with E-state index in [4.69, 9.17) is 15.0 Å². The van der Waals surface area contributed by atoms with Gasteiger partial charge in [0.15, 0.2) is 0 Å². The van der Waals surface area contributed by atoms with Gasteiger partial charge in [0, 0.05) is 63.8 Å². The zero-order valence-corrected chi connectivity index (χ0v) is 26.0. The number of nitrogens with zero attached hydrogens (tertiary/aromatic N) is 3. The summed E-state index contributed by atoms with van der Waals surface area (Å²) in [6.07, 6.45) is 0. The quantitative estimate of drug-likeness (QED) is 0.186. The van der Waals surface area contributed by atoms with Crippen molar-refractivity contribution in [2.45, 2.75) is 0 Å². The van der Waals surface area contributed by atoms with Crippen molar-refractivity contribution in [2.75, 3.05) is 0 Å². The third-order valence-electron chi connectivity index (χ3n) is 9.23. The molecular formula is C43H25N3S. The average Bonchev–Trinajstić information content (AvgIpc) is 3.53. The van der Waals surface area contributed by atoms with Gasteiger partial charge in [-0.1, -0.05) is 115 Å². The fourth-order valence-electron chi connectivity index (χ4n) is 6.98. The predicted octanol–water partition coefficient (Wildman–Crippen LogP) is 11.9. The summed E-state index contributed by atoms with van der Waals surface area (Å²) >= 11 is 1.84. The van der Waals surface area contributed by atoms with E-state index in [1.807, 2.05) is 17.4 Å². The molecule has 0 saturated carbocycles. The highest BCUT2D eigenvalue weighted by Crippen LogP contribution is 2.44. The average molecular weight is 616 g/mol. The summed E-state index contributed by atoms with van der Waals surface area (Å²) in [5, 5.41) is 8.29. The topological polar surface area (TPSA) is 38.7 Å². The van der Waals surface area contributed by atoms with Crippen LogP contribution in [0.5, 0.6) is 0 Å². The molecule has 218 valence electrons. The van der Waals surface area contributed by atoms with Crippen molar-refractivity contribution in [1.82, 2.24) is 15.0 Å². The fraction of sp³-hybridized carbons (Fsp3) is 0. The lowest BCUT2D eigenvalue weighted by Gasteiger charge is -2.12. The molecule has 6 aromatic carbocycles. The van der Waals surface area contributed by atoms with Gasteiger partial charge in [0.05, 0.1) is 33.6 Å². The molecule has 3 nitrogen and oxygen atoms in total. The van der Waals surface area contributed by atoms with Crippen molar-refractivity contribution >= 4 is 75.0 Å². The van der Waals surface area contributed by atoms with Crippen LogP contribution >= 0.6 is 11.3 Å². The van der Waals surface area contributed by atoms with E-state index in [0.29, 0.717) is 0 Å². The van der Waals surface area contributed by atoms with Crippen LogP contribution in [0.4, 0.5) is 0 Å². The minimum absolute atomic E-state index is 0.920. The Bertz CT molecular complexity index is 2840. The summed E-state index contributed by atoms with van der Waals surface area (Å²) < 4.78 is 2.54. The molecule has 0 amide bonds. The van der Waals surface area contributed by atoms with Gasteiger partial charge >= 0.3 is 0 Å². The minimum Gasteiger partial charge on any atom is -0.247 e. The molecular weight excluding hydrogens is 591 g/mol. The highest BCUT2D eigenvalue weighted by molar-refractivity contribution is 7.26. The van der Waals surface area contributed by atoms with E-state index in [1.54, 1.807) is 0 Å². The first-order valence-electron chi connectivity index (χ1n) is 15.8. The van der Waals surface area contributed by atoms with Gasteiger partial charge in [-0.25, -0.2) is 15.0 Å². The smallest absolute Gasteiger partial charge is 0.0972 e. The molecule has 47 heavy (non-hydrogen) atoms. The number of fused-ring (bicyclic) bond motifs is 10. The summed E-state index contributed by atoms with van der Waals surface area (Å²) in [5.41, 5.74) is 9.07. The molecule has 0 saturated heterocycles. The number of pyridine rings is 3. The van der Waals surface area contributed by atoms with E-state index < -0.39 is 0 Å². The Labute approximate surface area is 274 Å². The van der Waals surface area contributed by atoms with Gasteiger partial charge in [-0.15, -0.1) is 11.3 Å². The number of hydrogen-bond acceptors (Lipinski definition) is 4. The van der Waals surface area contributed by atoms with E-state index in [-0.39, 0.29) is 0 Å². The molecule has 4 aromatic heterocycles. The number of para-hydroxylation sites is 1. The normalized spacial score (nSPS) is 11.8. The van der Waals surface area contributed by atoms with Crippen LogP contribution in [0.15, 0.2) is 152 Å². The molecule has 0 unspecified atom stereocenters. The highest BCUT2D eigenvalue weighted by atomic mass is 32.1. The zero-order chi connectivity index (χ0) is 30.9. The monoisotopic (exact) mass is 615 g/mol. The highest BCUT2D eigenvalue weighted by Gasteiger charge is 2.17. The van der Waals surface area contributed by atoms with E-state index in [1.165, 1.54) is 36.3 Å². The van der Waals surface area contributed by atoms with Gasteiger partial charge < -0.3 is 0 Å². The minimum atomic E-state index is 0.920. The van der Waals surface area contributed by atoms with Crippen LogP contribution in [0.3, 0.4) is 0 Å². The summed E-state index contributed by atoms with van der Waals surface area (Å²) in [4.78, 5) is 15.6. The molecule has 0 aliphatic heterocycles. The molecule has 10 rings (SSSR count). The maximum atomic E-state index is 5.28. The molecule has 0 bridgehead atoms. The maximum Gasteiger partial charge on any atom is 0.0972 e. The molecule has 4 heteroatoms. The first-order valence-corrected chi connectivity index (χ1v) is 16.6. The van der Waals surface area contributed by atoms with Gasteiger partial charge in [-0.3, -0.25) is 0 Å². The number of hydrogen-bond donors (Lipinski definition) is 0. The summed E-state index contributed by atoms with van der Waals surface area (Å²) in [6.45, 7) is 0. The molecule has 0 radical (unpaired) electrons. The SMILES string of the molecule is c1ccc(-c2ccc3ccc4ccc(-c5ccc6sc7ccc8c(-c9ccccc9)nc9ccccc9c8c7c6c5)nc4c3n2)cc1. The molecule has 4 heterocycles. The van der Waals surface area contributed by atoms with Crippen LogP contribution in [0, 0.1) is 0 Å². The Balaban J connectivity index is 1.22. The Morgan fingerprint density at radius 2 is 1.00 bits per heavy atom. The number of benzene rings is 6. The van der Waals surface area contributed by atoms with E-state index >= 15 is 0 Å². The first kappa shape index (κ1) is 26.3. The molecule has 0 aliphatic rings. The van der Waals surface area contributed by atoms with Crippen LogP contribution in [0.25, 0.3) is 97.4 Å². The van der Waals surface area contributed by atoms with Crippen LogP contribution in [-0.2, 0) is 0 Å². The summed E-state index contributed by atoms with van der Waals surface area (Å²) in [5.74, 6) is 0. The van der Waals surface area contributed by atoms with Crippen molar-refractivity contribution in [3.05, 3.63) is 152 Å². The van der Waals surface area contributed by atoms with Gasteiger partial charge in [0.25, 0.3) is 0 Å². The molecule has 0 N–H and O–H groups in total. The van der Waals surface area contributed by atoms with Gasteiger partial charge in [-0.2, -0.15) is 0 Å². The number of thiophene rings is 1. The second-order valence-electron chi connectivity index (χ2n) is 12.0. The Kier molecular flexibility index (Phi) is 5.74. The Morgan fingerprint density at radius 3 is 1.74 bits per heavy atom.